The van der Waals surface area contributed by atoms with Crippen LogP contribution in [0.2, 0.25) is 0 Å². The minimum Gasteiger partial charge on any atom is -0.461 e. The van der Waals surface area contributed by atoms with Gasteiger partial charge in [0.1, 0.15) is 11.3 Å². The lowest BCUT2D eigenvalue weighted by Crippen LogP contribution is -2.04. The Morgan fingerprint density at radius 2 is 1.96 bits per heavy atom. The molecule has 3 aromatic rings. The van der Waals surface area contributed by atoms with Crippen molar-refractivity contribution in [3.63, 3.8) is 0 Å². The molecule has 7 heteroatoms. The maximum Gasteiger partial charge on any atom is 0.354 e. The van der Waals surface area contributed by atoms with Crippen molar-refractivity contribution in [3.05, 3.63) is 54.4 Å². The van der Waals surface area contributed by atoms with Gasteiger partial charge >= 0.3 is 5.97 Å². The van der Waals surface area contributed by atoms with Crippen molar-refractivity contribution in [1.29, 1.82) is 0 Å². The molecule has 2 heterocycles. The number of fused-ring (bicyclic) bond motifs is 1. The Bertz CT molecular complexity index is 962. The van der Waals surface area contributed by atoms with Crippen LogP contribution in [0.15, 0.2) is 58.5 Å². The third-order valence-corrected chi connectivity index (χ3v) is 5.16. The molecule has 0 spiro atoms. The summed E-state index contributed by atoms with van der Waals surface area (Å²) in [5, 5.41) is 0.361. The number of hydrogen-bond donors (Lipinski definition) is 1. The fourth-order valence-electron chi connectivity index (χ4n) is 2.28. The zero-order chi connectivity index (χ0) is 16.4. The summed E-state index contributed by atoms with van der Waals surface area (Å²) in [5.41, 5.74) is 0.495. The number of esters is 1. The Balaban J connectivity index is 2.17. The summed E-state index contributed by atoms with van der Waals surface area (Å²) in [5.74, 6) is -0.548. The summed E-state index contributed by atoms with van der Waals surface area (Å²) in [6.45, 7) is 1.93. The van der Waals surface area contributed by atoms with Crippen LogP contribution in [-0.4, -0.2) is 31.0 Å². The predicted octanol–water partition coefficient (Wildman–Crippen LogP) is 2.57. The fourth-order valence-corrected chi connectivity index (χ4v) is 3.74. The molecule has 0 saturated carbocycles. The lowest BCUT2D eigenvalue weighted by molar-refractivity contribution is 0.0520. The average molecular weight is 330 g/mol. The number of carbonyl (C=O) groups excluding carboxylic acids is 1. The highest BCUT2D eigenvalue weighted by Gasteiger charge is 2.22. The Kier molecular flexibility index (Phi) is 3.87. The summed E-state index contributed by atoms with van der Waals surface area (Å²) in [6.07, 6.45) is 1.39. The Morgan fingerprint density at radius 3 is 2.65 bits per heavy atom. The molecule has 0 unspecified atom stereocenters. The van der Waals surface area contributed by atoms with Crippen LogP contribution in [0.25, 0.3) is 11.0 Å². The van der Waals surface area contributed by atoms with Crippen molar-refractivity contribution in [1.82, 2.24) is 9.97 Å². The van der Waals surface area contributed by atoms with Crippen LogP contribution in [0.4, 0.5) is 0 Å². The molecule has 0 saturated heterocycles. The number of pyridine rings is 1. The summed E-state index contributed by atoms with van der Waals surface area (Å²) in [4.78, 5) is 19.0. The van der Waals surface area contributed by atoms with E-state index in [1.54, 1.807) is 25.1 Å². The highest BCUT2D eigenvalue weighted by Crippen LogP contribution is 2.27. The Hall–Kier alpha value is -2.67. The van der Waals surface area contributed by atoms with Gasteiger partial charge in [-0.3, -0.25) is 0 Å². The first-order valence-electron chi connectivity index (χ1n) is 6.99. The van der Waals surface area contributed by atoms with Crippen LogP contribution in [0.1, 0.15) is 17.4 Å². The van der Waals surface area contributed by atoms with Crippen LogP contribution < -0.4 is 0 Å². The van der Waals surface area contributed by atoms with Crippen LogP contribution in [0.3, 0.4) is 0 Å². The first-order valence-corrected chi connectivity index (χ1v) is 8.47. The average Bonchev–Trinajstić information content (AvgIpc) is 3.00. The van der Waals surface area contributed by atoms with Gasteiger partial charge in [-0.05, 0) is 31.2 Å². The van der Waals surface area contributed by atoms with Crippen LogP contribution >= 0.6 is 0 Å². The number of nitrogens with zero attached hydrogens (tertiary/aromatic N) is 1. The van der Waals surface area contributed by atoms with Gasteiger partial charge in [-0.1, -0.05) is 18.2 Å². The zero-order valence-electron chi connectivity index (χ0n) is 12.3. The SMILES string of the molecule is CCOC(=O)c1cc2c(S(=O)(=O)c3ccccc3)ccnc2[nH]1. The standard InChI is InChI=1S/C16H14N2O4S/c1-2-22-16(19)13-10-12-14(8-9-17-15(12)18-13)23(20,21)11-6-4-3-5-7-11/h3-10H,2H2,1H3,(H,17,18). The van der Waals surface area contributed by atoms with Gasteiger partial charge < -0.3 is 9.72 Å². The van der Waals surface area contributed by atoms with E-state index in [0.29, 0.717) is 11.0 Å². The first-order chi connectivity index (χ1) is 11.0. The maximum absolute atomic E-state index is 12.8. The second kappa shape index (κ2) is 5.85. The van der Waals surface area contributed by atoms with Gasteiger partial charge in [0.25, 0.3) is 0 Å². The molecule has 0 aliphatic heterocycles. The minimum atomic E-state index is -3.70. The Labute approximate surface area is 133 Å². The largest absolute Gasteiger partial charge is 0.461 e. The second-order valence-electron chi connectivity index (χ2n) is 4.79. The fraction of sp³-hybridized carbons (Fsp3) is 0.125. The van der Waals surface area contributed by atoms with E-state index in [2.05, 4.69) is 9.97 Å². The molecular weight excluding hydrogens is 316 g/mol. The normalized spacial score (nSPS) is 11.5. The number of rotatable bonds is 4. The first kappa shape index (κ1) is 15.2. The number of ether oxygens (including phenoxy) is 1. The number of aromatic amines is 1. The number of hydrogen-bond acceptors (Lipinski definition) is 5. The molecule has 0 atom stereocenters. The van der Waals surface area contributed by atoms with E-state index >= 15 is 0 Å². The van der Waals surface area contributed by atoms with E-state index < -0.39 is 15.8 Å². The molecule has 0 radical (unpaired) electrons. The maximum atomic E-state index is 12.8. The molecule has 3 rings (SSSR count). The van der Waals surface area contributed by atoms with Gasteiger partial charge in [-0.2, -0.15) is 0 Å². The highest BCUT2D eigenvalue weighted by molar-refractivity contribution is 7.91. The molecule has 1 aromatic carbocycles. The van der Waals surface area contributed by atoms with Crippen molar-refractivity contribution in [3.8, 4) is 0 Å². The number of carbonyl (C=O) groups is 1. The number of benzene rings is 1. The molecule has 23 heavy (non-hydrogen) atoms. The molecular formula is C16H14N2O4S. The van der Waals surface area contributed by atoms with E-state index in [1.165, 1.54) is 30.5 Å². The lowest BCUT2D eigenvalue weighted by atomic mass is 10.3. The molecule has 6 nitrogen and oxygen atoms in total. The quantitative estimate of drug-likeness (QED) is 0.743. The molecule has 118 valence electrons. The van der Waals surface area contributed by atoms with Crippen LogP contribution in [0.5, 0.6) is 0 Å². The van der Waals surface area contributed by atoms with Crippen molar-refractivity contribution < 1.29 is 17.9 Å². The number of sulfone groups is 1. The molecule has 1 N–H and O–H groups in total. The van der Waals surface area contributed by atoms with Gasteiger partial charge in [0.15, 0.2) is 0 Å². The lowest BCUT2D eigenvalue weighted by Gasteiger charge is -2.05. The molecule has 2 aromatic heterocycles. The van der Waals surface area contributed by atoms with E-state index in [1.807, 2.05) is 0 Å². The van der Waals surface area contributed by atoms with Crippen molar-refractivity contribution in [2.24, 2.45) is 0 Å². The van der Waals surface area contributed by atoms with E-state index in [-0.39, 0.29) is 22.1 Å². The summed E-state index contributed by atoms with van der Waals surface area (Å²) in [7, 11) is -3.70. The van der Waals surface area contributed by atoms with Gasteiger partial charge in [0, 0.05) is 11.6 Å². The topological polar surface area (TPSA) is 89.1 Å². The van der Waals surface area contributed by atoms with Crippen molar-refractivity contribution >= 4 is 26.8 Å². The van der Waals surface area contributed by atoms with Gasteiger partial charge in [0.2, 0.25) is 9.84 Å². The molecule has 0 aliphatic carbocycles. The van der Waals surface area contributed by atoms with Gasteiger partial charge in [-0.25, -0.2) is 18.2 Å². The molecule has 0 fully saturated rings. The molecule has 0 bridgehead atoms. The zero-order valence-corrected chi connectivity index (χ0v) is 13.1. The summed E-state index contributed by atoms with van der Waals surface area (Å²) >= 11 is 0. The van der Waals surface area contributed by atoms with Gasteiger partial charge in [-0.15, -0.1) is 0 Å². The van der Waals surface area contributed by atoms with Crippen molar-refractivity contribution in [2.45, 2.75) is 16.7 Å². The predicted molar refractivity (Wildman–Crippen MR) is 83.9 cm³/mol. The van der Waals surface area contributed by atoms with Crippen LogP contribution in [0, 0.1) is 0 Å². The smallest absolute Gasteiger partial charge is 0.354 e. The molecule has 0 amide bonds. The second-order valence-corrected chi connectivity index (χ2v) is 6.71. The number of H-pyrrole nitrogens is 1. The minimum absolute atomic E-state index is 0.0977. The summed E-state index contributed by atoms with van der Waals surface area (Å²) < 4.78 is 30.5. The van der Waals surface area contributed by atoms with E-state index in [9.17, 15) is 13.2 Å². The van der Waals surface area contributed by atoms with Crippen LogP contribution in [-0.2, 0) is 14.6 Å². The van der Waals surface area contributed by atoms with Crippen molar-refractivity contribution in [2.75, 3.05) is 6.61 Å². The van der Waals surface area contributed by atoms with E-state index in [4.69, 9.17) is 4.74 Å². The highest BCUT2D eigenvalue weighted by atomic mass is 32.2. The molecule has 0 aliphatic rings. The monoisotopic (exact) mass is 330 g/mol. The third-order valence-electron chi connectivity index (χ3n) is 3.33. The van der Waals surface area contributed by atoms with Gasteiger partial charge in [0.05, 0.1) is 16.4 Å². The Morgan fingerprint density at radius 1 is 1.22 bits per heavy atom. The number of aromatic nitrogens is 2. The van der Waals surface area contributed by atoms with E-state index in [0.717, 1.165) is 0 Å². The summed E-state index contributed by atoms with van der Waals surface area (Å²) in [6, 6.07) is 11.0. The number of nitrogens with one attached hydrogen (secondary N) is 1. The third kappa shape index (κ3) is 2.70.